The molecule has 43 heavy (non-hydrogen) atoms. The van der Waals surface area contributed by atoms with Gasteiger partial charge >= 0.3 is 12.2 Å². The van der Waals surface area contributed by atoms with Crippen LogP contribution in [-0.2, 0) is 19.5 Å². The van der Waals surface area contributed by atoms with Crippen LogP contribution in [0.2, 0.25) is 0 Å². The molecule has 0 unspecified atom stereocenters. The Labute approximate surface area is 259 Å². The number of hydrogen-bond donors (Lipinski definition) is 3. The van der Waals surface area contributed by atoms with Crippen molar-refractivity contribution >= 4 is 39.2 Å². The lowest BCUT2D eigenvalue weighted by Gasteiger charge is -2.28. The molecule has 0 radical (unpaired) electrons. The molecular weight excluding hydrogens is 590 g/mol. The van der Waals surface area contributed by atoms with Gasteiger partial charge in [-0.1, -0.05) is 6.07 Å². The Morgan fingerprint density at radius 1 is 1.12 bits per heavy atom. The minimum absolute atomic E-state index is 0.0579. The number of carbonyl (C=O) groups excluding carboxylic acids is 2. The van der Waals surface area contributed by atoms with Gasteiger partial charge in [0.15, 0.2) is 0 Å². The van der Waals surface area contributed by atoms with Gasteiger partial charge in [-0.3, -0.25) is 5.32 Å². The molecule has 11 nitrogen and oxygen atoms in total. The fourth-order valence-corrected chi connectivity index (χ4v) is 8.36. The number of ether oxygens (including phenoxy) is 2. The number of nitrogens with one attached hydrogen (secondary N) is 3. The van der Waals surface area contributed by atoms with Crippen molar-refractivity contribution in [2.75, 3.05) is 25.5 Å². The maximum Gasteiger partial charge on any atom is 0.411 e. The zero-order valence-electron chi connectivity index (χ0n) is 25.9. The van der Waals surface area contributed by atoms with Crippen molar-refractivity contribution in [2.24, 2.45) is 0 Å². The summed E-state index contributed by atoms with van der Waals surface area (Å²) in [5, 5.41) is 6.58. The summed E-state index contributed by atoms with van der Waals surface area (Å²) in [4.78, 5) is 32.2. The van der Waals surface area contributed by atoms with Gasteiger partial charge in [-0.05, 0) is 98.9 Å². The fraction of sp³-hybridized carbons (Fsp3) is 0.633. The van der Waals surface area contributed by atoms with E-state index >= 15 is 0 Å². The van der Waals surface area contributed by atoms with Crippen LogP contribution in [0, 0.1) is 0 Å². The number of nitrogens with zero attached hydrogens (tertiary/aromatic N) is 2. The Morgan fingerprint density at radius 3 is 2.47 bits per heavy atom. The summed E-state index contributed by atoms with van der Waals surface area (Å²) in [6.45, 7) is 10.2. The minimum Gasteiger partial charge on any atom is -0.448 e. The molecule has 2 amide bonds. The molecule has 1 saturated heterocycles. The third-order valence-electron chi connectivity index (χ3n) is 7.57. The van der Waals surface area contributed by atoms with Crippen molar-refractivity contribution in [1.82, 2.24) is 19.9 Å². The molecule has 2 aromatic rings. The highest BCUT2D eigenvalue weighted by molar-refractivity contribution is 7.89. The lowest BCUT2D eigenvalue weighted by molar-refractivity contribution is 0.109. The first-order chi connectivity index (χ1) is 20.2. The summed E-state index contributed by atoms with van der Waals surface area (Å²) in [6.07, 6.45) is 5.93. The van der Waals surface area contributed by atoms with Crippen LogP contribution < -0.4 is 15.4 Å². The van der Waals surface area contributed by atoms with E-state index < -0.39 is 21.7 Å². The quantitative estimate of drug-likeness (QED) is 0.319. The van der Waals surface area contributed by atoms with Crippen LogP contribution >= 0.6 is 11.3 Å². The molecule has 4 rings (SSSR count). The molecule has 2 aliphatic rings. The van der Waals surface area contributed by atoms with E-state index in [9.17, 15) is 18.0 Å². The van der Waals surface area contributed by atoms with Gasteiger partial charge in [0.1, 0.15) is 6.61 Å². The summed E-state index contributed by atoms with van der Waals surface area (Å²) in [5.74, 6) is 0.222. The highest BCUT2D eigenvalue weighted by Gasteiger charge is 2.29. The summed E-state index contributed by atoms with van der Waals surface area (Å²) in [6, 6.07) is 5.11. The average molecular weight is 636 g/mol. The van der Waals surface area contributed by atoms with Gasteiger partial charge in [-0.15, -0.1) is 11.3 Å². The van der Waals surface area contributed by atoms with E-state index in [-0.39, 0.29) is 41.7 Å². The van der Waals surface area contributed by atoms with Crippen molar-refractivity contribution in [2.45, 2.75) is 108 Å². The summed E-state index contributed by atoms with van der Waals surface area (Å²) in [7, 11) is -1.94. The lowest BCUT2D eigenvalue weighted by atomic mass is 9.86. The van der Waals surface area contributed by atoms with E-state index in [0.717, 1.165) is 55.0 Å². The first kappa shape index (κ1) is 33.2. The molecule has 0 bridgehead atoms. The monoisotopic (exact) mass is 635 g/mol. The van der Waals surface area contributed by atoms with E-state index in [1.54, 1.807) is 39.1 Å². The molecule has 0 spiro atoms. The molecule has 1 aliphatic heterocycles. The van der Waals surface area contributed by atoms with Gasteiger partial charge in [0, 0.05) is 41.0 Å². The van der Waals surface area contributed by atoms with Gasteiger partial charge in [0.05, 0.1) is 20.9 Å². The number of benzene rings is 1. The Balaban J connectivity index is 1.49. The summed E-state index contributed by atoms with van der Waals surface area (Å²) < 4.78 is 40.6. The first-order valence-electron chi connectivity index (χ1n) is 15.0. The molecular formula is C30H45N5O6S2. The van der Waals surface area contributed by atoms with Crippen LogP contribution in [-0.4, -0.2) is 74.4 Å². The molecule has 238 valence electrons. The third-order valence-corrected chi connectivity index (χ3v) is 10.6. The van der Waals surface area contributed by atoms with Crippen molar-refractivity contribution in [3.63, 3.8) is 0 Å². The number of aromatic nitrogens is 1. The molecule has 3 N–H and O–H groups in total. The molecule has 1 aliphatic carbocycles. The smallest absolute Gasteiger partial charge is 0.411 e. The number of amides is 2. The molecule has 1 aromatic carbocycles. The topological polar surface area (TPSA) is 139 Å². The van der Waals surface area contributed by atoms with Crippen LogP contribution in [0.4, 0.5) is 15.3 Å². The number of thiazole rings is 1. The second-order valence-corrected chi connectivity index (χ2v) is 15.5. The van der Waals surface area contributed by atoms with Crippen molar-refractivity contribution in [1.29, 1.82) is 0 Å². The average Bonchev–Trinajstić information content (AvgIpc) is 3.55. The van der Waals surface area contributed by atoms with E-state index in [1.165, 1.54) is 17.4 Å². The molecule has 2 fully saturated rings. The highest BCUT2D eigenvalue weighted by Crippen LogP contribution is 2.40. The standard InChI is InChI=1S/C30H45N5O6S2/c1-19(2)41-29(37)32-21-11-9-20(10-12-21)27-31-17-25(42-27)24-14-13-22(16-26(24)43(38,39)34-30(3,4)5)33-28(36)40-18-23-8-7-15-35(23)6/h13-14,16-17,19-21,23,34H,7-12,15,18H2,1-6H3,(H,32,37)(H,33,36)/t20-,21-,23-/m1/s1. The van der Waals surface area contributed by atoms with Gasteiger partial charge < -0.3 is 19.7 Å². The SMILES string of the molecule is CC(C)OC(=O)N[C@H]1CC[C@H](c2ncc(-c3ccc(NC(=O)OC[C@H]4CCCN4C)cc3S(=O)(=O)NC(C)(C)C)s2)CC1. The molecule has 13 heteroatoms. The predicted molar refractivity (Wildman–Crippen MR) is 168 cm³/mol. The van der Waals surface area contributed by atoms with Gasteiger partial charge in [0.25, 0.3) is 0 Å². The zero-order chi connectivity index (χ0) is 31.4. The number of likely N-dealkylation sites (N-methyl/N-ethyl adjacent to an activating group) is 1. The summed E-state index contributed by atoms with van der Waals surface area (Å²) >= 11 is 1.47. The Morgan fingerprint density at radius 2 is 1.84 bits per heavy atom. The van der Waals surface area contributed by atoms with Crippen molar-refractivity contribution in [3.8, 4) is 10.4 Å². The number of hydrogen-bond acceptors (Lipinski definition) is 9. The number of likely N-dealkylation sites (tertiary alicyclic amines) is 1. The summed E-state index contributed by atoms with van der Waals surface area (Å²) in [5.41, 5.74) is 0.131. The fourth-order valence-electron chi connectivity index (χ4n) is 5.50. The first-order valence-corrected chi connectivity index (χ1v) is 17.3. The third kappa shape index (κ3) is 9.37. The van der Waals surface area contributed by atoms with Crippen LogP contribution in [0.5, 0.6) is 0 Å². The van der Waals surface area contributed by atoms with E-state index in [1.807, 2.05) is 20.9 Å². The second-order valence-electron chi connectivity index (χ2n) is 12.8. The van der Waals surface area contributed by atoms with Crippen molar-refractivity contribution < 1.29 is 27.5 Å². The van der Waals surface area contributed by atoms with Crippen LogP contribution in [0.1, 0.15) is 84.1 Å². The number of rotatable bonds is 9. The van der Waals surface area contributed by atoms with E-state index in [2.05, 4.69) is 25.2 Å². The number of anilines is 1. The minimum atomic E-state index is -3.95. The van der Waals surface area contributed by atoms with Crippen LogP contribution in [0.15, 0.2) is 29.3 Å². The molecule has 1 aromatic heterocycles. The Kier molecular flexibility index (Phi) is 10.7. The van der Waals surface area contributed by atoms with Gasteiger partial charge in [-0.25, -0.2) is 27.7 Å². The lowest BCUT2D eigenvalue weighted by Crippen LogP contribution is -2.40. The molecule has 1 saturated carbocycles. The molecule has 2 heterocycles. The second kappa shape index (κ2) is 13.9. The maximum absolute atomic E-state index is 13.6. The number of alkyl carbamates (subject to hydrolysis) is 1. The van der Waals surface area contributed by atoms with Crippen LogP contribution in [0.3, 0.4) is 0 Å². The Bertz CT molecular complexity index is 1380. The maximum atomic E-state index is 13.6. The normalized spacial score (nSPS) is 21.5. The highest BCUT2D eigenvalue weighted by atomic mass is 32.2. The van der Waals surface area contributed by atoms with Gasteiger partial charge in [-0.2, -0.15) is 0 Å². The van der Waals surface area contributed by atoms with Crippen LogP contribution in [0.25, 0.3) is 10.4 Å². The molecule has 1 atom stereocenters. The predicted octanol–water partition coefficient (Wildman–Crippen LogP) is 5.69. The van der Waals surface area contributed by atoms with Crippen molar-refractivity contribution in [3.05, 3.63) is 29.4 Å². The number of carbonyl (C=O) groups is 2. The zero-order valence-corrected chi connectivity index (χ0v) is 27.6. The largest absolute Gasteiger partial charge is 0.448 e. The Hall–Kier alpha value is -2.74. The van der Waals surface area contributed by atoms with E-state index in [4.69, 9.17) is 9.47 Å². The number of sulfonamides is 1. The van der Waals surface area contributed by atoms with E-state index in [0.29, 0.717) is 11.3 Å². The van der Waals surface area contributed by atoms with Gasteiger partial charge in [0.2, 0.25) is 10.0 Å².